The first-order chi connectivity index (χ1) is 16.6. The molecule has 0 unspecified atom stereocenters. The van der Waals surface area contributed by atoms with Gasteiger partial charge in [-0.1, -0.05) is 51.0 Å². The number of hydrogen-bond donors (Lipinski definition) is 0. The number of rotatable bonds is 10. The molecule has 34 heavy (non-hydrogen) atoms. The number of benzene rings is 2. The van der Waals surface area contributed by atoms with Gasteiger partial charge >= 0.3 is 0 Å². The first-order valence-electron chi connectivity index (χ1n) is 13.3. The van der Waals surface area contributed by atoms with E-state index in [9.17, 15) is 10.5 Å². The summed E-state index contributed by atoms with van der Waals surface area (Å²) in [6.07, 6.45) is 13.7. The molecule has 3 nitrogen and oxygen atoms in total. The Bertz CT molecular complexity index is 1050. The highest BCUT2D eigenvalue weighted by atomic mass is 16.5. The fourth-order valence-corrected chi connectivity index (χ4v) is 6.48. The molecule has 3 aliphatic rings. The van der Waals surface area contributed by atoms with Crippen LogP contribution in [0.2, 0.25) is 0 Å². The quantitative estimate of drug-likeness (QED) is 0.344. The molecule has 3 aliphatic carbocycles. The zero-order chi connectivity index (χ0) is 24.0. The Kier molecular flexibility index (Phi) is 7.63. The van der Waals surface area contributed by atoms with E-state index in [0.29, 0.717) is 16.5 Å². The van der Waals surface area contributed by atoms with Crippen molar-refractivity contribution in [3.05, 3.63) is 64.2 Å². The number of unbranched alkanes of at least 4 members (excludes halogenated alkanes) is 1. The SMILES string of the molecule is CCCCOc1ccc(CCc2ccc(C34CCC(CCC)(CC3)CC4)c(C#N)c2C#N)cc1. The molecule has 3 saturated carbocycles. The third kappa shape index (κ3) is 4.86. The van der Waals surface area contributed by atoms with Crippen LogP contribution < -0.4 is 4.74 Å². The van der Waals surface area contributed by atoms with Crippen molar-refractivity contribution >= 4 is 0 Å². The van der Waals surface area contributed by atoms with Crippen molar-refractivity contribution in [2.45, 2.75) is 96.3 Å². The molecule has 3 heteroatoms. The number of hydrogen-bond acceptors (Lipinski definition) is 3. The molecule has 2 aromatic carbocycles. The Balaban J connectivity index is 1.50. The summed E-state index contributed by atoms with van der Waals surface area (Å²) in [5.41, 5.74) is 5.24. The lowest BCUT2D eigenvalue weighted by Gasteiger charge is -2.54. The normalized spacial score (nSPS) is 23.3. The molecule has 2 bridgehead atoms. The Morgan fingerprint density at radius 1 is 0.794 bits per heavy atom. The summed E-state index contributed by atoms with van der Waals surface area (Å²) in [5.74, 6) is 0.910. The molecule has 2 aromatic rings. The number of nitrogens with zero attached hydrogens (tertiary/aromatic N) is 2. The number of aryl methyl sites for hydroxylation is 2. The van der Waals surface area contributed by atoms with Gasteiger partial charge in [-0.05, 0) is 104 Å². The highest BCUT2D eigenvalue weighted by molar-refractivity contribution is 5.57. The number of fused-ring (bicyclic) bond motifs is 3. The van der Waals surface area contributed by atoms with Gasteiger partial charge in [0.25, 0.3) is 0 Å². The molecule has 3 fully saturated rings. The van der Waals surface area contributed by atoms with Crippen molar-refractivity contribution in [1.82, 2.24) is 0 Å². The van der Waals surface area contributed by atoms with Crippen LogP contribution in [0.4, 0.5) is 0 Å². The summed E-state index contributed by atoms with van der Waals surface area (Å²) in [4.78, 5) is 0. The van der Waals surface area contributed by atoms with Crippen molar-refractivity contribution in [3.63, 3.8) is 0 Å². The average molecular weight is 455 g/mol. The van der Waals surface area contributed by atoms with Gasteiger partial charge in [-0.2, -0.15) is 10.5 Å². The van der Waals surface area contributed by atoms with Crippen LogP contribution in [0, 0.1) is 28.1 Å². The second-order valence-electron chi connectivity index (χ2n) is 10.6. The minimum absolute atomic E-state index is 0.0955. The van der Waals surface area contributed by atoms with E-state index in [1.807, 2.05) is 12.1 Å². The molecule has 0 aromatic heterocycles. The molecular formula is C31H38N2O. The predicted molar refractivity (Wildman–Crippen MR) is 137 cm³/mol. The zero-order valence-electron chi connectivity index (χ0n) is 21.0. The Labute approximate surface area is 205 Å². The van der Waals surface area contributed by atoms with Crippen LogP contribution in [0.5, 0.6) is 5.75 Å². The van der Waals surface area contributed by atoms with E-state index in [1.165, 1.54) is 56.9 Å². The molecule has 178 valence electrons. The smallest absolute Gasteiger partial charge is 0.119 e. The minimum Gasteiger partial charge on any atom is -0.494 e. The highest BCUT2D eigenvalue weighted by Crippen LogP contribution is 2.60. The topological polar surface area (TPSA) is 56.8 Å². The van der Waals surface area contributed by atoms with Crippen LogP contribution in [0.1, 0.15) is 106 Å². The lowest BCUT2D eigenvalue weighted by Crippen LogP contribution is -2.44. The van der Waals surface area contributed by atoms with Crippen LogP contribution >= 0.6 is 0 Å². The molecule has 0 radical (unpaired) electrons. The van der Waals surface area contributed by atoms with Crippen LogP contribution in [0.3, 0.4) is 0 Å². The molecular weight excluding hydrogens is 416 g/mol. The molecule has 0 heterocycles. The van der Waals surface area contributed by atoms with E-state index in [-0.39, 0.29) is 5.41 Å². The predicted octanol–water partition coefficient (Wildman–Crippen LogP) is 7.79. The largest absolute Gasteiger partial charge is 0.494 e. The second kappa shape index (κ2) is 10.7. The number of nitriles is 2. The van der Waals surface area contributed by atoms with Crippen LogP contribution in [-0.2, 0) is 18.3 Å². The Morgan fingerprint density at radius 2 is 1.47 bits per heavy atom. The van der Waals surface area contributed by atoms with E-state index in [0.717, 1.165) is 49.2 Å². The van der Waals surface area contributed by atoms with Gasteiger partial charge in [-0.3, -0.25) is 0 Å². The third-order valence-electron chi connectivity index (χ3n) is 8.64. The fourth-order valence-electron chi connectivity index (χ4n) is 6.48. The summed E-state index contributed by atoms with van der Waals surface area (Å²) in [6.45, 7) is 5.21. The molecule has 0 spiro atoms. The Morgan fingerprint density at radius 3 is 2.06 bits per heavy atom. The first-order valence-corrected chi connectivity index (χ1v) is 13.3. The van der Waals surface area contributed by atoms with E-state index in [1.54, 1.807) is 0 Å². The zero-order valence-corrected chi connectivity index (χ0v) is 21.0. The van der Waals surface area contributed by atoms with Crippen LogP contribution in [-0.4, -0.2) is 6.61 Å². The van der Waals surface area contributed by atoms with Crippen molar-refractivity contribution in [1.29, 1.82) is 10.5 Å². The molecule has 0 aliphatic heterocycles. The Hall–Kier alpha value is -2.78. The minimum atomic E-state index is 0.0955. The maximum absolute atomic E-state index is 10.1. The van der Waals surface area contributed by atoms with Crippen LogP contribution in [0.15, 0.2) is 36.4 Å². The summed E-state index contributed by atoms with van der Waals surface area (Å²) >= 11 is 0. The molecule has 0 amide bonds. The molecule has 0 N–H and O–H groups in total. The highest BCUT2D eigenvalue weighted by Gasteiger charge is 2.49. The average Bonchev–Trinajstić information content (AvgIpc) is 2.89. The summed E-state index contributed by atoms with van der Waals surface area (Å²) < 4.78 is 5.77. The monoisotopic (exact) mass is 454 g/mol. The lowest BCUT2D eigenvalue weighted by molar-refractivity contribution is 0.0319. The number of ether oxygens (including phenoxy) is 1. The summed E-state index contributed by atoms with van der Waals surface area (Å²) in [7, 11) is 0. The maximum atomic E-state index is 10.1. The molecule has 5 rings (SSSR count). The van der Waals surface area contributed by atoms with E-state index in [2.05, 4.69) is 50.3 Å². The van der Waals surface area contributed by atoms with Crippen molar-refractivity contribution in [2.24, 2.45) is 5.41 Å². The van der Waals surface area contributed by atoms with E-state index < -0.39 is 0 Å². The lowest BCUT2D eigenvalue weighted by atomic mass is 9.50. The van der Waals surface area contributed by atoms with Gasteiger partial charge in [0.15, 0.2) is 0 Å². The fraction of sp³-hybridized carbons (Fsp3) is 0.548. The first kappa shape index (κ1) is 24.3. The summed E-state index contributed by atoms with van der Waals surface area (Å²) in [6, 6.07) is 17.5. The van der Waals surface area contributed by atoms with Gasteiger partial charge in [0.05, 0.1) is 17.7 Å². The van der Waals surface area contributed by atoms with Crippen molar-refractivity contribution in [2.75, 3.05) is 6.61 Å². The van der Waals surface area contributed by atoms with Crippen LogP contribution in [0.25, 0.3) is 0 Å². The molecule has 0 saturated heterocycles. The second-order valence-corrected chi connectivity index (χ2v) is 10.6. The van der Waals surface area contributed by atoms with E-state index >= 15 is 0 Å². The van der Waals surface area contributed by atoms with E-state index in [4.69, 9.17) is 4.74 Å². The van der Waals surface area contributed by atoms with Gasteiger partial charge in [0.2, 0.25) is 0 Å². The summed E-state index contributed by atoms with van der Waals surface area (Å²) in [5, 5.41) is 20.2. The van der Waals surface area contributed by atoms with Gasteiger partial charge in [0, 0.05) is 0 Å². The van der Waals surface area contributed by atoms with Gasteiger partial charge in [-0.25, -0.2) is 0 Å². The van der Waals surface area contributed by atoms with Gasteiger partial charge < -0.3 is 4.74 Å². The maximum Gasteiger partial charge on any atom is 0.119 e. The third-order valence-corrected chi connectivity index (χ3v) is 8.64. The van der Waals surface area contributed by atoms with Crippen molar-refractivity contribution in [3.8, 4) is 17.9 Å². The van der Waals surface area contributed by atoms with Gasteiger partial charge in [-0.15, -0.1) is 0 Å². The van der Waals surface area contributed by atoms with Crippen molar-refractivity contribution < 1.29 is 4.74 Å². The standard InChI is InChI=1S/C31H38N2O/c1-3-5-21-34-26-11-7-24(8-12-26)6-9-25-10-13-29(28(23-33)27(25)22-32)31-18-15-30(14-4-2,16-19-31)17-20-31/h7-8,10-13H,3-6,9,14-21H2,1-2H3. The van der Waals surface area contributed by atoms with Gasteiger partial charge in [0.1, 0.15) is 17.9 Å². The molecule has 0 atom stereocenters.